The molecule has 0 saturated carbocycles. The predicted molar refractivity (Wildman–Crippen MR) is 108 cm³/mol. The number of benzene rings is 3. The van der Waals surface area contributed by atoms with Gasteiger partial charge in [-0.2, -0.15) is 5.10 Å². The number of carbonyl (C=O) groups is 1. The van der Waals surface area contributed by atoms with Crippen LogP contribution < -0.4 is 10.2 Å². The first-order valence-electron chi connectivity index (χ1n) is 8.48. The molecule has 0 aliphatic heterocycles. The van der Waals surface area contributed by atoms with Gasteiger partial charge in [-0.25, -0.2) is 5.43 Å². The summed E-state index contributed by atoms with van der Waals surface area (Å²) < 4.78 is 5.74. The summed E-state index contributed by atoms with van der Waals surface area (Å²) in [6, 6.07) is 22.7. The monoisotopic (exact) mass is 378 g/mol. The summed E-state index contributed by atoms with van der Waals surface area (Å²) in [4.78, 5) is 12.1. The molecule has 27 heavy (non-hydrogen) atoms. The van der Waals surface area contributed by atoms with E-state index in [-0.39, 0.29) is 5.91 Å². The molecule has 136 valence electrons. The van der Waals surface area contributed by atoms with Crippen molar-refractivity contribution < 1.29 is 9.53 Å². The quantitative estimate of drug-likeness (QED) is 0.485. The molecule has 3 aromatic rings. The molecule has 0 unspecified atom stereocenters. The van der Waals surface area contributed by atoms with Gasteiger partial charge in [0.05, 0.1) is 16.8 Å². The van der Waals surface area contributed by atoms with E-state index in [1.54, 1.807) is 18.3 Å². The van der Waals surface area contributed by atoms with Crippen LogP contribution in [0.5, 0.6) is 5.75 Å². The van der Waals surface area contributed by atoms with Crippen molar-refractivity contribution in [1.82, 2.24) is 5.43 Å². The first-order valence-corrected chi connectivity index (χ1v) is 8.86. The maximum absolute atomic E-state index is 12.1. The highest BCUT2D eigenvalue weighted by molar-refractivity contribution is 6.33. The lowest BCUT2D eigenvalue weighted by molar-refractivity contribution is 0.0955. The molecule has 0 fully saturated rings. The predicted octanol–water partition coefficient (Wildman–Crippen LogP) is 4.99. The van der Waals surface area contributed by atoms with Crippen LogP contribution in [0.4, 0.5) is 0 Å². The normalized spacial score (nSPS) is 10.7. The lowest BCUT2D eigenvalue weighted by atomic mass is 10.1. The van der Waals surface area contributed by atoms with E-state index in [1.807, 2.05) is 67.6 Å². The fourth-order valence-corrected chi connectivity index (χ4v) is 2.74. The number of nitrogens with one attached hydrogen (secondary N) is 1. The van der Waals surface area contributed by atoms with Gasteiger partial charge in [0.2, 0.25) is 0 Å². The van der Waals surface area contributed by atoms with Crippen molar-refractivity contribution in [2.24, 2.45) is 5.10 Å². The molecule has 3 rings (SSSR count). The van der Waals surface area contributed by atoms with Gasteiger partial charge < -0.3 is 4.74 Å². The van der Waals surface area contributed by atoms with Crippen molar-refractivity contribution in [3.63, 3.8) is 0 Å². The summed E-state index contributed by atoms with van der Waals surface area (Å²) in [5, 5.41) is 4.39. The van der Waals surface area contributed by atoms with Gasteiger partial charge in [0, 0.05) is 0 Å². The van der Waals surface area contributed by atoms with Crippen LogP contribution in [0.15, 0.2) is 77.9 Å². The molecular formula is C22H19ClN2O2. The number of aryl methyl sites for hydroxylation is 1. The summed E-state index contributed by atoms with van der Waals surface area (Å²) >= 11 is 6.09. The summed E-state index contributed by atoms with van der Waals surface area (Å²) in [6.45, 7) is 2.43. The van der Waals surface area contributed by atoms with E-state index in [1.165, 1.54) is 0 Å². The summed E-state index contributed by atoms with van der Waals surface area (Å²) in [5.41, 5.74) is 5.83. The van der Waals surface area contributed by atoms with Crippen molar-refractivity contribution in [3.05, 3.63) is 100 Å². The Bertz CT molecular complexity index is 938. The second-order valence-electron chi connectivity index (χ2n) is 6.03. The molecule has 0 radical (unpaired) electrons. The van der Waals surface area contributed by atoms with Gasteiger partial charge in [-0.1, -0.05) is 48.0 Å². The Labute approximate surface area is 163 Å². The number of hydrogen-bond donors (Lipinski definition) is 1. The van der Waals surface area contributed by atoms with Gasteiger partial charge in [-0.3, -0.25) is 4.79 Å². The van der Waals surface area contributed by atoms with Crippen LogP contribution in [-0.2, 0) is 6.61 Å². The van der Waals surface area contributed by atoms with Crippen LogP contribution in [0.1, 0.15) is 27.0 Å². The number of hydrogen-bond acceptors (Lipinski definition) is 3. The molecule has 3 aromatic carbocycles. The van der Waals surface area contributed by atoms with Gasteiger partial charge in [0.25, 0.3) is 5.91 Å². The van der Waals surface area contributed by atoms with E-state index in [0.717, 1.165) is 22.4 Å². The highest BCUT2D eigenvalue weighted by Crippen LogP contribution is 2.17. The van der Waals surface area contributed by atoms with Crippen LogP contribution in [0.2, 0.25) is 5.02 Å². The zero-order valence-electron chi connectivity index (χ0n) is 14.9. The van der Waals surface area contributed by atoms with Gasteiger partial charge >= 0.3 is 0 Å². The fourth-order valence-electron chi connectivity index (χ4n) is 2.42. The number of hydrazone groups is 1. The van der Waals surface area contributed by atoms with Crippen molar-refractivity contribution >= 4 is 23.7 Å². The third kappa shape index (κ3) is 5.43. The van der Waals surface area contributed by atoms with Crippen molar-refractivity contribution in [3.8, 4) is 5.75 Å². The minimum atomic E-state index is -0.348. The highest BCUT2D eigenvalue weighted by Gasteiger charge is 2.08. The lowest BCUT2D eigenvalue weighted by Crippen LogP contribution is -2.18. The first kappa shape index (κ1) is 18.7. The molecule has 0 spiro atoms. The number of nitrogens with zero attached hydrogens (tertiary/aromatic N) is 1. The number of ether oxygens (including phenoxy) is 1. The first-order chi connectivity index (χ1) is 13.1. The molecule has 4 nitrogen and oxygen atoms in total. The van der Waals surface area contributed by atoms with Crippen LogP contribution in [0.25, 0.3) is 0 Å². The van der Waals surface area contributed by atoms with Gasteiger partial charge in [0.15, 0.2) is 0 Å². The molecule has 0 saturated heterocycles. The van der Waals surface area contributed by atoms with E-state index in [2.05, 4.69) is 10.5 Å². The SMILES string of the molecule is Cc1ccc(C(=O)N/N=C\c2ccc(OCc3ccccc3)cc2)c(Cl)c1. The maximum Gasteiger partial charge on any atom is 0.272 e. The smallest absolute Gasteiger partial charge is 0.272 e. The summed E-state index contributed by atoms with van der Waals surface area (Å²) in [6.07, 6.45) is 1.57. The fraction of sp³-hybridized carbons (Fsp3) is 0.0909. The Morgan fingerprint density at radius 2 is 1.81 bits per heavy atom. The minimum absolute atomic E-state index is 0.348. The molecule has 5 heteroatoms. The number of carbonyl (C=O) groups excluding carboxylic acids is 1. The van der Waals surface area contributed by atoms with Crippen molar-refractivity contribution in [1.29, 1.82) is 0 Å². The second-order valence-corrected chi connectivity index (χ2v) is 6.43. The van der Waals surface area contributed by atoms with E-state index in [9.17, 15) is 4.79 Å². The van der Waals surface area contributed by atoms with E-state index in [0.29, 0.717) is 17.2 Å². The van der Waals surface area contributed by atoms with Gasteiger partial charge in [-0.05, 0) is 60.0 Å². The Kier molecular flexibility index (Phi) is 6.23. The van der Waals surface area contributed by atoms with Crippen LogP contribution in [0.3, 0.4) is 0 Å². The molecule has 1 amide bonds. The molecule has 0 bridgehead atoms. The Morgan fingerprint density at radius 3 is 2.52 bits per heavy atom. The van der Waals surface area contributed by atoms with Gasteiger partial charge in [0.1, 0.15) is 12.4 Å². The molecule has 0 heterocycles. The summed E-state index contributed by atoms with van der Waals surface area (Å²) in [5.74, 6) is 0.422. The zero-order valence-corrected chi connectivity index (χ0v) is 15.6. The highest BCUT2D eigenvalue weighted by atomic mass is 35.5. The summed E-state index contributed by atoms with van der Waals surface area (Å²) in [7, 11) is 0. The Hall–Kier alpha value is -3.11. The molecule has 1 N–H and O–H groups in total. The maximum atomic E-state index is 12.1. The Balaban J connectivity index is 1.53. The molecular weight excluding hydrogens is 360 g/mol. The van der Waals surface area contributed by atoms with E-state index < -0.39 is 0 Å². The largest absolute Gasteiger partial charge is 0.489 e. The van der Waals surface area contributed by atoms with Crippen LogP contribution in [0, 0.1) is 6.92 Å². The van der Waals surface area contributed by atoms with E-state index in [4.69, 9.17) is 16.3 Å². The van der Waals surface area contributed by atoms with Crippen LogP contribution in [-0.4, -0.2) is 12.1 Å². The minimum Gasteiger partial charge on any atom is -0.489 e. The average Bonchev–Trinajstić information content (AvgIpc) is 2.68. The number of amides is 1. The molecule has 0 aliphatic carbocycles. The molecule has 0 atom stereocenters. The zero-order chi connectivity index (χ0) is 19.1. The molecule has 0 aliphatic rings. The van der Waals surface area contributed by atoms with Crippen LogP contribution >= 0.6 is 11.6 Å². The van der Waals surface area contributed by atoms with Crippen molar-refractivity contribution in [2.75, 3.05) is 0 Å². The number of rotatable bonds is 6. The Morgan fingerprint density at radius 1 is 1.07 bits per heavy atom. The third-order valence-electron chi connectivity index (χ3n) is 3.88. The van der Waals surface area contributed by atoms with Crippen molar-refractivity contribution in [2.45, 2.75) is 13.5 Å². The van der Waals surface area contributed by atoms with Gasteiger partial charge in [-0.15, -0.1) is 0 Å². The average molecular weight is 379 g/mol. The third-order valence-corrected chi connectivity index (χ3v) is 4.19. The second kappa shape index (κ2) is 9.01. The van der Waals surface area contributed by atoms with E-state index >= 15 is 0 Å². The molecule has 0 aromatic heterocycles. The topological polar surface area (TPSA) is 50.7 Å². The standard InChI is InChI=1S/C22H19ClN2O2/c1-16-7-12-20(21(23)13-16)22(26)25-24-14-17-8-10-19(11-9-17)27-15-18-5-3-2-4-6-18/h2-14H,15H2,1H3,(H,25,26)/b24-14-. The lowest BCUT2D eigenvalue weighted by Gasteiger charge is -2.06. The number of halogens is 1.